The van der Waals surface area contributed by atoms with Gasteiger partial charge in [-0.1, -0.05) is 15.9 Å². The van der Waals surface area contributed by atoms with Gasteiger partial charge in [0.25, 0.3) is 0 Å². The molecule has 1 aliphatic rings. The molecule has 4 nitrogen and oxygen atoms in total. The molecule has 80 valence electrons. The Hall–Kier alpha value is -1.07. The zero-order valence-electron chi connectivity index (χ0n) is 8.07. The molecule has 2 rings (SSSR count). The summed E-state index contributed by atoms with van der Waals surface area (Å²) in [7, 11) is 1.56. The summed E-state index contributed by atoms with van der Waals surface area (Å²) in [6.45, 7) is -0.117. The molecule has 0 saturated heterocycles. The Balaban J connectivity index is 2.45. The topological polar surface area (TPSA) is 50.0 Å². The minimum atomic E-state index is -0.434. The average molecular weight is 274 g/mol. The first-order valence-electron chi connectivity index (χ1n) is 4.39. The molecule has 0 bridgehead atoms. The van der Waals surface area contributed by atoms with Gasteiger partial charge in [-0.05, 0) is 0 Å². The second-order valence-corrected chi connectivity index (χ2v) is 3.94. The van der Waals surface area contributed by atoms with Crippen LogP contribution in [0.15, 0.2) is 16.6 Å². The van der Waals surface area contributed by atoms with Gasteiger partial charge >= 0.3 is 12.0 Å². The van der Waals surface area contributed by atoms with Gasteiger partial charge < -0.3 is 14.6 Å². The summed E-state index contributed by atoms with van der Waals surface area (Å²) in [4.78, 5) is 0. The summed E-state index contributed by atoms with van der Waals surface area (Å²) in [5.74, 6) is 1.68. The van der Waals surface area contributed by atoms with Crippen LogP contribution in [0.2, 0.25) is 0 Å². The van der Waals surface area contributed by atoms with Crippen LogP contribution < -0.4 is 9.47 Å². The maximum absolute atomic E-state index is 8.93. The second kappa shape index (κ2) is 4.20. The fourth-order valence-electron chi connectivity index (χ4n) is 1.32. The molecule has 1 aliphatic heterocycles. The summed E-state index contributed by atoms with van der Waals surface area (Å²) >= 11 is 3.34. The minimum absolute atomic E-state index is 0.117. The highest BCUT2D eigenvalue weighted by atomic mass is 79.9. The number of aldehydes is 1. The molecule has 15 heavy (non-hydrogen) atoms. The smallest absolute Gasteiger partial charge is 0.435 e. The molecule has 0 aliphatic carbocycles. The number of rotatable bonds is 2. The third kappa shape index (κ3) is 1.98. The van der Waals surface area contributed by atoms with Crippen molar-refractivity contribution < 1.29 is 19.0 Å². The van der Waals surface area contributed by atoms with E-state index < -0.39 is 6.10 Å². The van der Waals surface area contributed by atoms with Gasteiger partial charge in [-0.15, -0.1) is 0 Å². The molecule has 1 atom stereocenters. The average Bonchev–Trinajstić information content (AvgIpc) is 2.26. The van der Waals surface area contributed by atoms with Crippen LogP contribution in [0.3, 0.4) is 0 Å². The van der Waals surface area contributed by atoms with E-state index in [-0.39, 0.29) is 6.61 Å². The number of halogens is 1. The van der Waals surface area contributed by atoms with Gasteiger partial charge in [-0.3, -0.25) is 0 Å². The third-order valence-electron chi connectivity index (χ3n) is 2.00. The van der Waals surface area contributed by atoms with Crippen molar-refractivity contribution in [3.63, 3.8) is 0 Å². The SMILES string of the molecule is COc1cc(Br)cc2c1[O+]=C[C@H](CO)O2. The number of aliphatic hydroxyl groups is 1. The van der Waals surface area contributed by atoms with Crippen molar-refractivity contribution in [2.75, 3.05) is 13.7 Å². The second-order valence-electron chi connectivity index (χ2n) is 3.03. The molecular formula is C10H10BrO4+. The Kier molecular flexibility index (Phi) is 2.93. The highest BCUT2D eigenvalue weighted by molar-refractivity contribution is 9.10. The Labute approximate surface area is 95.3 Å². The van der Waals surface area contributed by atoms with Crippen LogP contribution in [0.5, 0.6) is 17.2 Å². The predicted octanol–water partition coefficient (Wildman–Crippen LogP) is 1.66. The van der Waals surface area contributed by atoms with Crippen molar-refractivity contribution in [3.05, 3.63) is 16.6 Å². The molecule has 1 heterocycles. The van der Waals surface area contributed by atoms with Gasteiger partial charge in [-0.25, -0.2) is 4.42 Å². The molecule has 0 fully saturated rings. The Morgan fingerprint density at radius 1 is 1.60 bits per heavy atom. The molecule has 0 radical (unpaired) electrons. The number of benzene rings is 1. The largest absolute Gasteiger partial charge is 0.488 e. The van der Waals surface area contributed by atoms with Gasteiger partial charge in [0.05, 0.1) is 13.7 Å². The molecule has 0 aromatic heterocycles. The lowest BCUT2D eigenvalue weighted by Gasteiger charge is -2.12. The van der Waals surface area contributed by atoms with E-state index in [9.17, 15) is 0 Å². The van der Waals surface area contributed by atoms with Crippen molar-refractivity contribution >= 4 is 22.2 Å². The van der Waals surface area contributed by atoms with E-state index in [0.29, 0.717) is 17.2 Å². The highest BCUT2D eigenvalue weighted by Crippen LogP contribution is 2.42. The Morgan fingerprint density at radius 3 is 3.07 bits per heavy atom. The summed E-state index contributed by atoms with van der Waals surface area (Å²) in [6.07, 6.45) is 1.01. The normalized spacial score (nSPS) is 18.2. The van der Waals surface area contributed by atoms with Crippen LogP contribution >= 0.6 is 15.9 Å². The van der Waals surface area contributed by atoms with E-state index in [0.717, 1.165) is 4.47 Å². The van der Waals surface area contributed by atoms with Gasteiger partial charge in [0, 0.05) is 16.6 Å². The summed E-state index contributed by atoms with van der Waals surface area (Å²) in [5.41, 5.74) is 0. The van der Waals surface area contributed by atoms with Crippen molar-refractivity contribution in [2.45, 2.75) is 6.10 Å². The number of ether oxygens (including phenoxy) is 2. The lowest BCUT2D eigenvalue weighted by molar-refractivity contribution is -0.372. The van der Waals surface area contributed by atoms with Gasteiger partial charge in [0.1, 0.15) is 0 Å². The third-order valence-corrected chi connectivity index (χ3v) is 2.46. The zero-order valence-corrected chi connectivity index (χ0v) is 9.65. The van der Waals surface area contributed by atoms with Gasteiger partial charge in [0.2, 0.25) is 17.6 Å². The fraction of sp³-hybridized carbons (Fsp3) is 0.300. The van der Waals surface area contributed by atoms with Gasteiger partial charge in [0.15, 0.2) is 0 Å². The lowest BCUT2D eigenvalue weighted by Crippen LogP contribution is -2.25. The standard InChI is InChI=1S/C10H10BrO4/c1-13-8-2-6(11)3-9-10(8)14-5-7(4-12)15-9/h2-3,5,7,12H,4H2,1H3/q+1/t7-/m0/s1. The first kappa shape index (κ1) is 10.4. The van der Waals surface area contributed by atoms with Crippen LogP contribution in [0, 0.1) is 0 Å². The van der Waals surface area contributed by atoms with Crippen LogP contribution in [-0.4, -0.2) is 31.2 Å². The van der Waals surface area contributed by atoms with Gasteiger partial charge in [-0.2, -0.15) is 0 Å². The number of hydrogen-bond acceptors (Lipinski definition) is 3. The number of fused-ring (bicyclic) bond motifs is 1. The number of hydrogen-bond donors (Lipinski definition) is 1. The first-order chi connectivity index (χ1) is 7.24. The molecule has 5 heteroatoms. The zero-order chi connectivity index (χ0) is 10.8. The summed E-state index contributed by atoms with van der Waals surface area (Å²) < 4.78 is 16.8. The van der Waals surface area contributed by atoms with E-state index in [4.69, 9.17) is 19.0 Å². The van der Waals surface area contributed by atoms with E-state index in [1.807, 2.05) is 0 Å². The monoisotopic (exact) mass is 273 g/mol. The summed E-state index contributed by atoms with van der Waals surface area (Å²) in [6, 6.07) is 3.56. The van der Waals surface area contributed by atoms with E-state index >= 15 is 0 Å². The first-order valence-corrected chi connectivity index (χ1v) is 5.19. The van der Waals surface area contributed by atoms with Crippen molar-refractivity contribution in [2.24, 2.45) is 0 Å². The Bertz CT molecular complexity index is 403. The molecule has 0 unspecified atom stereocenters. The fourth-order valence-corrected chi connectivity index (χ4v) is 1.73. The van der Waals surface area contributed by atoms with Crippen molar-refractivity contribution in [3.8, 4) is 17.2 Å². The molecule has 0 amide bonds. The number of methoxy groups -OCH3 is 1. The van der Waals surface area contributed by atoms with Crippen molar-refractivity contribution in [1.29, 1.82) is 0 Å². The molecule has 1 aromatic rings. The molecular weight excluding hydrogens is 264 g/mol. The van der Waals surface area contributed by atoms with E-state index in [1.165, 1.54) is 6.29 Å². The van der Waals surface area contributed by atoms with Crippen LogP contribution in [0.25, 0.3) is 0 Å². The summed E-state index contributed by atoms with van der Waals surface area (Å²) in [5, 5.41) is 8.93. The van der Waals surface area contributed by atoms with Crippen LogP contribution in [0.1, 0.15) is 0 Å². The minimum Gasteiger partial charge on any atom is -0.488 e. The maximum atomic E-state index is 8.93. The number of aliphatic hydroxyl groups excluding tert-OH is 1. The number of carbonyl (C=O) groups excluding carboxylic acids is 1. The quantitative estimate of drug-likeness (QED) is 0.659. The maximum Gasteiger partial charge on any atom is 0.435 e. The van der Waals surface area contributed by atoms with Crippen LogP contribution in [0.4, 0.5) is 0 Å². The van der Waals surface area contributed by atoms with Crippen LogP contribution in [-0.2, 0) is 4.42 Å². The predicted molar refractivity (Wildman–Crippen MR) is 57.7 cm³/mol. The van der Waals surface area contributed by atoms with E-state index in [2.05, 4.69) is 15.9 Å². The van der Waals surface area contributed by atoms with E-state index in [1.54, 1.807) is 19.2 Å². The molecule has 0 saturated carbocycles. The molecule has 1 N–H and O–H groups in total. The lowest BCUT2D eigenvalue weighted by atomic mass is 10.2. The Morgan fingerprint density at radius 2 is 2.40 bits per heavy atom. The molecule has 1 aromatic carbocycles. The van der Waals surface area contributed by atoms with Crippen molar-refractivity contribution in [1.82, 2.24) is 0 Å². The highest BCUT2D eigenvalue weighted by Gasteiger charge is 2.30. The molecule has 0 spiro atoms.